The highest BCUT2D eigenvalue weighted by atomic mass is 32.2. The first-order valence-corrected chi connectivity index (χ1v) is 17.2. The largest absolute Gasteiger partial charge is 0.445 e. The number of ether oxygens (including phenoxy) is 3. The molecule has 5 rings (SSSR count). The summed E-state index contributed by atoms with van der Waals surface area (Å²) in [6.45, 7) is 5.33. The number of carbonyl (C=O) groups excluding carboxylic acids is 2. The van der Waals surface area contributed by atoms with Crippen LogP contribution in [0, 0.1) is 11.6 Å². The number of piperazine rings is 1. The Morgan fingerprint density at radius 1 is 0.980 bits per heavy atom. The number of carbonyl (C=O) groups is 2. The number of anilines is 3. The number of amides is 1. The molecule has 1 fully saturated rings. The number of methoxy groups -OCH3 is 2. The zero-order valence-electron chi connectivity index (χ0n) is 27.9. The average Bonchev–Trinajstić information content (AvgIpc) is 3.42. The summed E-state index contributed by atoms with van der Waals surface area (Å²) in [4.78, 5) is 30.9. The molecule has 49 heavy (non-hydrogen) atoms. The second-order valence-corrected chi connectivity index (χ2v) is 13.9. The lowest BCUT2D eigenvalue weighted by Gasteiger charge is -2.34. The van der Waals surface area contributed by atoms with E-state index in [0.29, 0.717) is 24.1 Å². The van der Waals surface area contributed by atoms with Crippen molar-refractivity contribution < 1.29 is 41.0 Å². The number of nitrogens with one attached hydrogen (secondary N) is 2. The van der Waals surface area contributed by atoms with E-state index in [0.717, 1.165) is 53.0 Å². The van der Waals surface area contributed by atoms with E-state index in [1.165, 1.54) is 7.11 Å². The van der Waals surface area contributed by atoms with Crippen LogP contribution >= 0.6 is 0 Å². The first-order chi connectivity index (χ1) is 23.4. The summed E-state index contributed by atoms with van der Waals surface area (Å²) < 4.78 is 72.5. The molecule has 3 aromatic rings. The van der Waals surface area contributed by atoms with Gasteiger partial charge in [-0.2, -0.15) is 8.99 Å². The minimum atomic E-state index is -4.38. The van der Waals surface area contributed by atoms with Crippen LogP contribution in [-0.2, 0) is 37.2 Å². The molecule has 1 amide bonds. The maximum atomic E-state index is 14.0. The van der Waals surface area contributed by atoms with Crippen LogP contribution in [0.15, 0.2) is 41.3 Å². The number of halogens is 2. The average molecular weight is 706 g/mol. The molecule has 0 spiro atoms. The molecule has 1 atom stereocenters. The Morgan fingerprint density at radius 3 is 2.37 bits per heavy atom. The number of fused-ring (bicyclic) bond motifs is 1. The van der Waals surface area contributed by atoms with Crippen molar-refractivity contribution in [2.45, 2.75) is 30.8 Å². The van der Waals surface area contributed by atoms with Gasteiger partial charge in [0.25, 0.3) is 5.91 Å². The molecule has 0 radical (unpaired) electrons. The van der Waals surface area contributed by atoms with Gasteiger partial charge in [-0.25, -0.2) is 22.0 Å². The lowest BCUT2D eigenvalue weighted by atomic mass is 10.1. The molecule has 0 aliphatic carbocycles. The summed E-state index contributed by atoms with van der Waals surface area (Å²) >= 11 is 0. The van der Waals surface area contributed by atoms with Crippen LogP contribution in [0.2, 0.25) is 0 Å². The zero-order valence-corrected chi connectivity index (χ0v) is 28.7. The highest BCUT2D eigenvalue weighted by molar-refractivity contribution is 7.89. The molecule has 2 aliphatic heterocycles. The lowest BCUT2D eigenvalue weighted by molar-refractivity contribution is 0.0967. The molecule has 17 heteroatoms. The number of hydrogen-bond acceptors (Lipinski definition) is 11. The summed E-state index contributed by atoms with van der Waals surface area (Å²) in [5.41, 5.74) is 2.32. The summed E-state index contributed by atoms with van der Waals surface area (Å²) in [6, 6.07) is 7.36. The number of aromatic nitrogens is 2. The van der Waals surface area contributed by atoms with Crippen LogP contribution in [0.5, 0.6) is 0 Å². The molecule has 2 aromatic carbocycles. The summed E-state index contributed by atoms with van der Waals surface area (Å²) in [7, 11) is 0.726. The van der Waals surface area contributed by atoms with Gasteiger partial charge in [-0.05, 0) is 44.3 Å². The van der Waals surface area contributed by atoms with Crippen LogP contribution in [0.1, 0.15) is 28.5 Å². The van der Waals surface area contributed by atoms with E-state index in [-0.39, 0.29) is 55.7 Å². The summed E-state index contributed by atoms with van der Waals surface area (Å²) in [5, 5.41) is 10.5. The van der Waals surface area contributed by atoms with Gasteiger partial charge in [-0.15, -0.1) is 5.10 Å². The van der Waals surface area contributed by atoms with E-state index >= 15 is 0 Å². The molecular formula is C32H41F2N7O7S. The van der Waals surface area contributed by atoms with Crippen molar-refractivity contribution in [1.29, 1.82) is 0 Å². The van der Waals surface area contributed by atoms with Gasteiger partial charge in [-0.3, -0.25) is 4.79 Å². The molecule has 2 N–H and O–H groups in total. The van der Waals surface area contributed by atoms with Gasteiger partial charge in [0, 0.05) is 89.0 Å². The molecular weight excluding hydrogens is 664 g/mol. The third-order valence-corrected chi connectivity index (χ3v) is 10.2. The van der Waals surface area contributed by atoms with Crippen molar-refractivity contribution in [1.82, 2.24) is 19.0 Å². The van der Waals surface area contributed by atoms with Crippen molar-refractivity contribution in [2.75, 3.05) is 89.3 Å². The monoisotopic (exact) mass is 705 g/mol. The number of rotatable bonds is 12. The Morgan fingerprint density at radius 2 is 1.69 bits per heavy atom. The van der Waals surface area contributed by atoms with Crippen LogP contribution in [-0.4, -0.2) is 119 Å². The van der Waals surface area contributed by atoms with Gasteiger partial charge in [0.05, 0.1) is 29.4 Å². The number of likely N-dealkylation sites (N-methyl/N-ethyl adjacent to an activating group) is 1. The minimum absolute atomic E-state index is 0.00430. The summed E-state index contributed by atoms with van der Waals surface area (Å²) in [5.74, 6) is -2.71. The number of sulfonamides is 1. The van der Waals surface area contributed by atoms with E-state index < -0.39 is 38.6 Å². The number of benzene rings is 2. The standard InChI is InChI=1S/C32H41F2N7O7S/c1-21(20-47-4)35-28-18-24(39-11-9-38(2)10-12-39)5-6-26(28)31(42)36-30-27-19-40(49(44,45)25-16-22(33)15-23(34)17-25)8-7-29(27)41(37-30)32(43)48-14-13-46-3/h5-6,15-18,21,35H,7-14,19-20H2,1-4H3,(H,36,37,42). The van der Waals surface area contributed by atoms with Crippen molar-refractivity contribution in [3.63, 3.8) is 0 Å². The minimum Gasteiger partial charge on any atom is -0.445 e. The topological polar surface area (TPSA) is 148 Å². The third-order valence-electron chi connectivity index (χ3n) is 8.35. The Bertz CT molecular complexity index is 1760. The lowest BCUT2D eigenvalue weighted by Crippen LogP contribution is -2.44. The fourth-order valence-electron chi connectivity index (χ4n) is 5.79. The maximum absolute atomic E-state index is 14.0. The molecule has 1 saturated heterocycles. The molecule has 0 saturated carbocycles. The van der Waals surface area contributed by atoms with E-state index in [4.69, 9.17) is 14.2 Å². The Balaban J connectivity index is 1.48. The molecule has 1 aromatic heterocycles. The normalized spacial score (nSPS) is 16.2. The van der Waals surface area contributed by atoms with Gasteiger partial charge in [0.2, 0.25) is 10.0 Å². The molecule has 3 heterocycles. The first-order valence-electron chi connectivity index (χ1n) is 15.8. The fraction of sp³-hybridized carbons (Fsp3) is 0.469. The van der Waals surface area contributed by atoms with Gasteiger partial charge >= 0.3 is 6.09 Å². The van der Waals surface area contributed by atoms with Crippen LogP contribution in [0.3, 0.4) is 0 Å². The highest BCUT2D eigenvalue weighted by Gasteiger charge is 2.35. The third kappa shape index (κ3) is 8.36. The maximum Gasteiger partial charge on any atom is 0.435 e. The van der Waals surface area contributed by atoms with Crippen molar-refractivity contribution in [3.05, 3.63) is 64.9 Å². The summed E-state index contributed by atoms with van der Waals surface area (Å²) in [6.07, 6.45) is -0.847. The van der Waals surface area contributed by atoms with E-state index in [9.17, 15) is 26.8 Å². The molecule has 1 unspecified atom stereocenters. The van der Waals surface area contributed by atoms with Gasteiger partial charge in [0.15, 0.2) is 5.82 Å². The van der Waals surface area contributed by atoms with Crippen LogP contribution < -0.4 is 15.5 Å². The van der Waals surface area contributed by atoms with Gasteiger partial charge < -0.3 is 34.6 Å². The quantitative estimate of drug-likeness (QED) is 0.268. The van der Waals surface area contributed by atoms with Gasteiger partial charge in [-0.1, -0.05) is 0 Å². The highest BCUT2D eigenvalue weighted by Crippen LogP contribution is 2.32. The second-order valence-electron chi connectivity index (χ2n) is 12.0. The Labute approximate surface area is 283 Å². The predicted molar refractivity (Wildman–Crippen MR) is 178 cm³/mol. The van der Waals surface area contributed by atoms with E-state index in [2.05, 4.69) is 32.6 Å². The van der Waals surface area contributed by atoms with E-state index in [1.54, 1.807) is 13.2 Å². The fourth-order valence-corrected chi connectivity index (χ4v) is 7.25. The molecule has 266 valence electrons. The number of nitrogens with zero attached hydrogens (tertiary/aromatic N) is 5. The van der Waals surface area contributed by atoms with Gasteiger partial charge in [0.1, 0.15) is 18.2 Å². The predicted octanol–water partition coefficient (Wildman–Crippen LogP) is 2.99. The zero-order chi connectivity index (χ0) is 35.3. The number of hydrogen-bond donors (Lipinski definition) is 2. The van der Waals surface area contributed by atoms with Crippen LogP contribution in [0.4, 0.5) is 30.8 Å². The van der Waals surface area contributed by atoms with Crippen molar-refractivity contribution >= 4 is 39.2 Å². The molecule has 0 bridgehead atoms. The van der Waals surface area contributed by atoms with E-state index in [1.807, 2.05) is 19.1 Å². The Hall–Kier alpha value is -4.16. The molecule has 2 aliphatic rings. The Kier molecular flexibility index (Phi) is 11.5. The molecule has 14 nitrogen and oxygen atoms in total. The van der Waals surface area contributed by atoms with Crippen molar-refractivity contribution in [2.24, 2.45) is 0 Å². The SMILES string of the molecule is COCCOC(=O)n1nc(NC(=O)c2ccc(N3CCN(C)CC3)cc2NC(C)COC)c2c1CCN(S(=O)(=O)c1cc(F)cc(F)c1)C2. The van der Waals surface area contributed by atoms with Crippen molar-refractivity contribution in [3.8, 4) is 0 Å². The first kappa shape index (κ1) is 36.1. The van der Waals surface area contributed by atoms with Crippen LogP contribution in [0.25, 0.3) is 0 Å². The smallest absolute Gasteiger partial charge is 0.435 e. The second kappa shape index (κ2) is 15.6.